The maximum atomic E-state index is 14.8. The van der Waals surface area contributed by atoms with Gasteiger partial charge in [0.2, 0.25) is 11.8 Å². The topological polar surface area (TPSA) is 85.7 Å². The third kappa shape index (κ3) is 4.15. The predicted octanol–water partition coefficient (Wildman–Crippen LogP) is 3.93. The first-order valence-corrected chi connectivity index (χ1v) is 14.8. The molecule has 2 aromatic rings. The second-order valence-corrected chi connectivity index (χ2v) is 12.6. The van der Waals surface area contributed by atoms with Crippen LogP contribution in [0.25, 0.3) is 0 Å². The Kier molecular flexibility index (Phi) is 7.18. The van der Waals surface area contributed by atoms with E-state index in [0.717, 1.165) is 24.1 Å². The van der Waals surface area contributed by atoms with Crippen molar-refractivity contribution in [2.24, 2.45) is 29.6 Å². The summed E-state index contributed by atoms with van der Waals surface area (Å²) in [6.45, 7) is 7.00. The molecule has 0 unspecified atom stereocenters. The van der Waals surface area contributed by atoms with Gasteiger partial charge in [-0.3, -0.25) is 9.59 Å². The van der Waals surface area contributed by atoms with Crippen molar-refractivity contribution in [3.8, 4) is 6.07 Å². The molecule has 4 bridgehead atoms. The lowest BCUT2D eigenvalue weighted by atomic mass is 9.51. The van der Waals surface area contributed by atoms with Gasteiger partial charge in [0.15, 0.2) is 0 Å². The van der Waals surface area contributed by atoms with Crippen molar-refractivity contribution in [3.05, 3.63) is 71.3 Å². The van der Waals surface area contributed by atoms with E-state index in [0.29, 0.717) is 44.1 Å². The molecule has 4 aliphatic heterocycles. The summed E-state index contributed by atoms with van der Waals surface area (Å²) in [6.07, 6.45) is 2.27. The second kappa shape index (κ2) is 10.6. The van der Waals surface area contributed by atoms with E-state index < -0.39 is 11.6 Å². The summed E-state index contributed by atoms with van der Waals surface area (Å²) in [5, 5.41) is 12.8. The Hall–Kier alpha value is -3.21. The lowest BCUT2D eigenvalue weighted by Crippen LogP contribution is -2.77. The number of fused-ring (bicyclic) bond motifs is 1. The fourth-order valence-electron chi connectivity index (χ4n) is 8.72. The molecule has 40 heavy (non-hydrogen) atoms. The standard InChI is InChI=1S/C33H40N4O3/c1-21(2)28-27-17-26-20-36(3)30(28)33(26,25-11-9-22(18-34)10-12-25)37(32(39)24-13-15-40-16-14-24)29(27)31(38)35-19-23-7-5-4-6-8-23/h4-12,21,24,26-30H,13-17,19-20H2,1-3H3,(H,35,38)/t26-,27+,28+,29-,30-,33-/m0/s1. The van der Waals surface area contributed by atoms with Gasteiger partial charge in [0.25, 0.3) is 0 Å². The molecule has 0 aromatic heterocycles. The highest BCUT2D eigenvalue weighted by Gasteiger charge is 2.73. The minimum absolute atomic E-state index is 0.0561. The van der Waals surface area contributed by atoms with Gasteiger partial charge in [0.05, 0.1) is 17.2 Å². The number of rotatable bonds is 6. The largest absolute Gasteiger partial charge is 0.381 e. The molecular weight excluding hydrogens is 500 g/mol. The number of nitriles is 1. The maximum absolute atomic E-state index is 14.8. The fraction of sp³-hybridized carbons (Fsp3) is 0.545. The Labute approximate surface area is 237 Å². The number of carbonyl (C=O) groups is 2. The molecule has 2 amide bonds. The first-order chi connectivity index (χ1) is 19.4. The number of piperidine rings is 2. The number of hydrogen-bond donors (Lipinski definition) is 1. The van der Waals surface area contributed by atoms with Crippen molar-refractivity contribution in [3.63, 3.8) is 0 Å². The van der Waals surface area contributed by atoms with Crippen LogP contribution in [0.4, 0.5) is 0 Å². The number of amides is 2. The highest BCUT2D eigenvalue weighted by molar-refractivity contribution is 5.90. The lowest BCUT2D eigenvalue weighted by molar-refractivity contribution is -0.194. The first-order valence-electron chi connectivity index (χ1n) is 14.8. The number of carbonyl (C=O) groups excluding carboxylic acids is 2. The average Bonchev–Trinajstić information content (AvgIpc) is 3.19. The number of ether oxygens (including phenoxy) is 1. The first kappa shape index (κ1) is 27.0. The molecule has 0 radical (unpaired) electrons. The monoisotopic (exact) mass is 540 g/mol. The van der Waals surface area contributed by atoms with Crippen LogP contribution in [-0.2, 0) is 26.4 Å². The van der Waals surface area contributed by atoms with Gasteiger partial charge in [-0.25, -0.2) is 0 Å². The quantitative estimate of drug-likeness (QED) is 0.600. The Morgan fingerprint density at radius 3 is 2.45 bits per heavy atom. The molecule has 5 aliphatic rings. The van der Waals surface area contributed by atoms with Crippen LogP contribution in [0.3, 0.4) is 0 Å². The van der Waals surface area contributed by atoms with E-state index in [1.165, 1.54) is 0 Å². The molecule has 7 nitrogen and oxygen atoms in total. The SMILES string of the molecule is CC(C)[C@@H]1[C@H]2C[C@H]3CN(C)[C@@H]1[C@@]3(c1ccc(C#N)cc1)N(C(=O)C1CCOCC1)[C@@H]2C(=O)NCc1ccccc1. The van der Waals surface area contributed by atoms with Crippen LogP contribution in [0.1, 0.15) is 49.8 Å². The zero-order valence-electron chi connectivity index (χ0n) is 23.8. The zero-order chi connectivity index (χ0) is 28.0. The number of benzene rings is 2. The normalized spacial score (nSPS) is 31.8. The number of hydrogen-bond acceptors (Lipinski definition) is 5. The minimum atomic E-state index is -0.628. The Morgan fingerprint density at radius 2 is 1.80 bits per heavy atom. The van der Waals surface area contributed by atoms with E-state index in [1.807, 2.05) is 54.6 Å². The summed E-state index contributed by atoms with van der Waals surface area (Å²) >= 11 is 0. The number of nitrogens with zero attached hydrogens (tertiary/aromatic N) is 3. The second-order valence-electron chi connectivity index (χ2n) is 12.6. The predicted molar refractivity (Wildman–Crippen MR) is 152 cm³/mol. The number of likely N-dealkylation sites (N-methyl/N-ethyl adjacent to an activating group) is 1. The number of nitrogens with one attached hydrogen (secondary N) is 1. The highest BCUT2D eigenvalue weighted by Crippen LogP contribution is 2.64. The Bertz CT molecular complexity index is 1280. The van der Waals surface area contributed by atoms with E-state index in [1.54, 1.807) is 0 Å². The Balaban J connectivity index is 1.49. The molecule has 4 saturated heterocycles. The molecular formula is C33H40N4O3. The van der Waals surface area contributed by atoms with Crippen molar-refractivity contribution in [1.29, 1.82) is 5.26 Å². The molecule has 1 aliphatic carbocycles. The van der Waals surface area contributed by atoms with E-state index in [4.69, 9.17) is 4.74 Å². The van der Waals surface area contributed by atoms with Gasteiger partial charge in [0.1, 0.15) is 6.04 Å². The molecule has 7 rings (SSSR count). The van der Waals surface area contributed by atoms with Gasteiger partial charge in [-0.1, -0.05) is 56.3 Å². The molecule has 0 spiro atoms. The van der Waals surface area contributed by atoms with Gasteiger partial charge in [-0.05, 0) is 67.3 Å². The van der Waals surface area contributed by atoms with Crippen molar-refractivity contribution < 1.29 is 14.3 Å². The van der Waals surface area contributed by atoms with Gasteiger partial charge < -0.3 is 19.9 Å². The zero-order valence-corrected chi connectivity index (χ0v) is 23.8. The summed E-state index contributed by atoms with van der Waals surface area (Å²) in [7, 11) is 2.19. The van der Waals surface area contributed by atoms with Crippen LogP contribution in [0, 0.1) is 40.9 Å². The molecule has 2 aromatic carbocycles. The smallest absolute Gasteiger partial charge is 0.243 e. The molecule has 7 heteroatoms. The van der Waals surface area contributed by atoms with Crippen molar-refractivity contribution >= 4 is 11.8 Å². The Morgan fingerprint density at radius 1 is 1.10 bits per heavy atom. The van der Waals surface area contributed by atoms with Crippen LogP contribution in [0.15, 0.2) is 54.6 Å². The van der Waals surface area contributed by atoms with Gasteiger partial charge in [0, 0.05) is 44.2 Å². The minimum Gasteiger partial charge on any atom is -0.381 e. The summed E-state index contributed by atoms with van der Waals surface area (Å²) in [5.74, 6) is 0.779. The van der Waals surface area contributed by atoms with E-state index in [-0.39, 0.29) is 41.5 Å². The van der Waals surface area contributed by atoms with Crippen LogP contribution < -0.4 is 5.32 Å². The summed E-state index contributed by atoms with van der Waals surface area (Å²) in [6, 6.07) is 19.6. The van der Waals surface area contributed by atoms with Crippen molar-refractivity contribution in [1.82, 2.24) is 15.1 Å². The van der Waals surface area contributed by atoms with E-state index in [2.05, 4.69) is 42.1 Å². The average molecular weight is 541 g/mol. The molecule has 4 heterocycles. The van der Waals surface area contributed by atoms with E-state index in [9.17, 15) is 14.9 Å². The van der Waals surface area contributed by atoms with Crippen LogP contribution in [0.2, 0.25) is 0 Å². The van der Waals surface area contributed by atoms with Gasteiger partial charge in [-0.15, -0.1) is 0 Å². The molecule has 6 atom stereocenters. The van der Waals surface area contributed by atoms with Crippen LogP contribution >= 0.6 is 0 Å². The maximum Gasteiger partial charge on any atom is 0.243 e. The van der Waals surface area contributed by atoms with Gasteiger partial charge in [-0.2, -0.15) is 5.26 Å². The molecule has 1 saturated carbocycles. The molecule has 5 fully saturated rings. The highest BCUT2D eigenvalue weighted by atomic mass is 16.5. The van der Waals surface area contributed by atoms with Gasteiger partial charge >= 0.3 is 0 Å². The third-order valence-electron chi connectivity index (χ3n) is 10.2. The summed E-state index contributed by atoms with van der Waals surface area (Å²) < 4.78 is 5.63. The molecule has 210 valence electrons. The molecule has 1 N–H and O–H groups in total. The summed E-state index contributed by atoms with van der Waals surface area (Å²) in [4.78, 5) is 33.6. The van der Waals surface area contributed by atoms with Crippen molar-refractivity contribution in [2.75, 3.05) is 26.8 Å². The van der Waals surface area contributed by atoms with Crippen molar-refractivity contribution in [2.45, 2.75) is 57.3 Å². The van der Waals surface area contributed by atoms with Crippen LogP contribution in [0.5, 0.6) is 0 Å². The van der Waals surface area contributed by atoms with Crippen LogP contribution in [-0.4, -0.2) is 60.5 Å². The third-order valence-corrected chi connectivity index (χ3v) is 10.2. The van der Waals surface area contributed by atoms with E-state index >= 15 is 0 Å². The summed E-state index contributed by atoms with van der Waals surface area (Å²) in [5.41, 5.74) is 2.07. The number of likely N-dealkylation sites (tertiary alicyclic amines) is 1. The fourth-order valence-corrected chi connectivity index (χ4v) is 8.72. The lowest BCUT2D eigenvalue weighted by Gasteiger charge is -2.66.